The van der Waals surface area contributed by atoms with Crippen LogP contribution in [-0.2, 0) is 4.79 Å². The van der Waals surface area contributed by atoms with E-state index in [1.165, 1.54) is 0 Å². The predicted octanol–water partition coefficient (Wildman–Crippen LogP) is 0.431. The molecule has 1 rings (SSSR count). The van der Waals surface area contributed by atoms with Crippen LogP contribution in [-0.4, -0.2) is 30.1 Å². The largest absolute Gasteiger partial charge is 0.349 e. The van der Waals surface area contributed by atoms with Crippen LogP contribution in [0.4, 0.5) is 0 Å². The van der Waals surface area contributed by atoms with Crippen molar-refractivity contribution in [3.05, 3.63) is 12.3 Å². The molecule has 0 spiro atoms. The molecule has 0 bridgehead atoms. The van der Waals surface area contributed by atoms with E-state index in [-0.39, 0.29) is 6.04 Å². The maximum absolute atomic E-state index is 10.3. The molecule has 3 heteroatoms. The number of hydrogen-bond donors (Lipinski definition) is 0. The van der Waals surface area contributed by atoms with E-state index in [0.29, 0.717) is 6.67 Å². The monoisotopic (exact) mass is 138 g/mol. The van der Waals surface area contributed by atoms with Gasteiger partial charge in [0.1, 0.15) is 13.0 Å². The van der Waals surface area contributed by atoms with Gasteiger partial charge in [0.25, 0.3) is 0 Å². The molecule has 1 heterocycles. The Morgan fingerprint density at radius 1 is 1.80 bits per heavy atom. The van der Waals surface area contributed by atoms with Crippen molar-refractivity contribution >= 4 is 12.5 Å². The van der Waals surface area contributed by atoms with Crippen LogP contribution in [0.5, 0.6) is 0 Å². The van der Waals surface area contributed by atoms with Crippen molar-refractivity contribution in [2.24, 2.45) is 4.99 Å². The van der Waals surface area contributed by atoms with E-state index in [2.05, 4.69) is 4.99 Å². The van der Waals surface area contributed by atoms with Crippen LogP contribution in [0.3, 0.4) is 0 Å². The molecule has 0 N–H and O–H groups in total. The van der Waals surface area contributed by atoms with Crippen molar-refractivity contribution < 1.29 is 4.79 Å². The second-order valence-corrected chi connectivity index (χ2v) is 2.21. The fourth-order valence-electron chi connectivity index (χ4n) is 0.741. The average Bonchev–Trinajstić information content (AvgIpc) is 2.05. The molecule has 3 nitrogen and oxygen atoms in total. The smallest absolute Gasteiger partial charge is 0.142 e. The summed E-state index contributed by atoms with van der Waals surface area (Å²) in [5, 5.41) is 0. The van der Waals surface area contributed by atoms with Gasteiger partial charge >= 0.3 is 0 Å². The third-order valence-electron chi connectivity index (χ3n) is 1.43. The number of nitrogens with zero attached hydrogens (tertiary/aromatic N) is 2. The van der Waals surface area contributed by atoms with Gasteiger partial charge in [0.05, 0.1) is 6.04 Å². The normalized spacial score (nSPS) is 19.1. The van der Waals surface area contributed by atoms with Gasteiger partial charge in [-0.1, -0.05) is 0 Å². The average molecular weight is 138 g/mol. The highest BCUT2D eigenvalue weighted by Crippen LogP contribution is 1.99. The molecule has 0 aromatic heterocycles. The standard InChI is InChI=1S/C7H10N2O/c1-7(5-10)9-4-2-3-8-6-9/h2-5,7H,6H2,1H3. The summed E-state index contributed by atoms with van der Waals surface area (Å²) >= 11 is 0. The minimum absolute atomic E-state index is 0.0614. The summed E-state index contributed by atoms with van der Waals surface area (Å²) in [4.78, 5) is 16.1. The number of carbonyl (C=O) groups excluding carboxylic acids is 1. The van der Waals surface area contributed by atoms with E-state index in [0.717, 1.165) is 6.29 Å². The van der Waals surface area contributed by atoms with E-state index in [4.69, 9.17) is 0 Å². The molecule has 0 radical (unpaired) electrons. The van der Waals surface area contributed by atoms with Crippen molar-refractivity contribution in [2.45, 2.75) is 13.0 Å². The molecular formula is C7H10N2O. The number of aldehydes is 1. The molecule has 54 valence electrons. The number of carbonyl (C=O) groups is 1. The molecule has 1 unspecified atom stereocenters. The van der Waals surface area contributed by atoms with Crippen LogP contribution in [0.25, 0.3) is 0 Å². The van der Waals surface area contributed by atoms with Crippen LogP contribution in [0.1, 0.15) is 6.92 Å². The lowest BCUT2D eigenvalue weighted by atomic mass is 10.3. The van der Waals surface area contributed by atoms with Gasteiger partial charge in [-0.05, 0) is 13.0 Å². The lowest BCUT2D eigenvalue weighted by molar-refractivity contribution is -0.111. The van der Waals surface area contributed by atoms with Gasteiger partial charge in [0.15, 0.2) is 0 Å². The zero-order valence-corrected chi connectivity index (χ0v) is 5.90. The van der Waals surface area contributed by atoms with Crippen molar-refractivity contribution in [1.29, 1.82) is 0 Å². The first kappa shape index (κ1) is 6.99. The first-order valence-corrected chi connectivity index (χ1v) is 3.22. The van der Waals surface area contributed by atoms with E-state index in [1.807, 2.05) is 24.1 Å². The SMILES string of the molecule is CC(C=O)N1C=CC=NC1. The lowest BCUT2D eigenvalue weighted by Gasteiger charge is -2.22. The van der Waals surface area contributed by atoms with Gasteiger partial charge < -0.3 is 9.69 Å². The first-order chi connectivity index (χ1) is 4.84. The molecule has 10 heavy (non-hydrogen) atoms. The lowest BCUT2D eigenvalue weighted by Crippen LogP contribution is -2.30. The Morgan fingerprint density at radius 3 is 3.10 bits per heavy atom. The third-order valence-corrected chi connectivity index (χ3v) is 1.43. The number of hydrogen-bond acceptors (Lipinski definition) is 3. The summed E-state index contributed by atoms with van der Waals surface area (Å²) in [6.07, 6.45) is 6.33. The van der Waals surface area contributed by atoms with Gasteiger partial charge in [-0.15, -0.1) is 0 Å². The van der Waals surface area contributed by atoms with Crippen molar-refractivity contribution in [3.8, 4) is 0 Å². The van der Waals surface area contributed by atoms with Gasteiger partial charge in [-0.2, -0.15) is 0 Å². The Bertz CT molecular complexity index is 174. The van der Waals surface area contributed by atoms with Crippen molar-refractivity contribution in [1.82, 2.24) is 4.90 Å². The molecule has 0 fully saturated rings. The second kappa shape index (κ2) is 3.15. The van der Waals surface area contributed by atoms with Crippen LogP contribution >= 0.6 is 0 Å². The maximum Gasteiger partial charge on any atom is 0.142 e. The van der Waals surface area contributed by atoms with Crippen LogP contribution < -0.4 is 0 Å². The molecule has 0 saturated carbocycles. The second-order valence-electron chi connectivity index (χ2n) is 2.21. The quantitative estimate of drug-likeness (QED) is 0.518. The predicted molar refractivity (Wildman–Crippen MR) is 39.9 cm³/mol. The maximum atomic E-state index is 10.3. The van der Waals surface area contributed by atoms with Gasteiger partial charge in [-0.25, -0.2) is 0 Å². The fourth-order valence-corrected chi connectivity index (χ4v) is 0.741. The zero-order valence-electron chi connectivity index (χ0n) is 5.90. The van der Waals surface area contributed by atoms with Gasteiger partial charge in [0, 0.05) is 12.4 Å². The molecule has 1 aliphatic heterocycles. The number of aliphatic imine (C=N–C) groups is 1. The van der Waals surface area contributed by atoms with Crippen molar-refractivity contribution in [3.63, 3.8) is 0 Å². The minimum Gasteiger partial charge on any atom is -0.349 e. The van der Waals surface area contributed by atoms with Crippen LogP contribution in [0.15, 0.2) is 17.3 Å². The van der Waals surface area contributed by atoms with E-state index < -0.39 is 0 Å². The number of allylic oxidation sites excluding steroid dienone is 1. The molecule has 0 aromatic rings. The summed E-state index contributed by atoms with van der Waals surface area (Å²) < 4.78 is 0. The highest BCUT2D eigenvalue weighted by atomic mass is 16.1. The van der Waals surface area contributed by atoms with E-state index in [1.54, 1.807) is 6.21 Å². The molecule has 0 amide bonds. The summed E-state index contributed by atoms with van der Waals surface area (Å²) in [6.45, 7) is 2.44. The number of rotatable bonds is 2. The summed E-state index contributed by atoms with van der Waals surface area (Å²) in [5.74, 6) is 0. The van der Waals surface area contributed by atoms with Crippen LogP contribution in [0, 0.1) is 0 Å². The fraction of sp³-hybridized carbons (Fsp3) is 0.429. The topological polar surface area (TPSA) is 32.7 Å². The van der Waals surface area contributed by atoms with Crippen molar-refractivity contribution in [2.75, 3.05) is 6.67 Å². The Balaban J connectivity index is 2.50. The molecular weight excluding hydrogens is 128 g/mol. The summed E-state index contributed by atoms with van der Waals surface area (Å²) in [5.41, 5.74) is 0. The third kappa shape index (κ3) is 1.43. The zero-order chi connectivity index (χ0) is 7.40. The van der Waals surface area contributed by atoms with Gasteiger partial charge in [-0.3, -0.25) is 4.99 Å². The Labute approximate surface area is 60.1 Å². The minimum atomic E-state index is -0.0614. The molecule has 0 aromatic carbocycles. The summed E-state index contributed by atoms with van der Waals surface area (Å²) in [7, 11) is 0. The first-order valence-electron chi connectivity index (χ1n) is 3.22. The highest BCUT2D eigenvalue weighted by molar-refractivity contribution is 5.72. The molecule has 1 atom stereocenters. The van der Waals surface area contributed by atoms with Gasteiger partial charge in [0.2, 0.25) is 0 Å². The van der Waals surface area contributed by atoms with E-state index >= 15 is 0 Å². The molecule has 0 saturated heterocycles. The summed E-state index contributed by atoms with van der Waals surface area (Å²) in [6, 6.07) is -0.0614. The highest BCUT2D eigenvalue weighted by Gasteiger charge is 2.07. The molecule has 0 aliphatic carbocycles. The van der Waals surface area contributed by atoms with E-state index in [9.17, 15) is 4.79 Å². The van der Waals surface area contributed by atoms with Crippen LogP contribution in [0.2, 0.25) is 0 Å². The Kier molecular flexibility index (Phi) is 2.20. The Hall–Kier alpha value is -1.12. The Morgan fingerprint density at radius 2 is 2.60 bits per heavy atom. The molecule has 1 aliphatic rings.